The van der Waals surface area contributed by atoms with E-state index in [1.807, 2.05) is 28.0 Å². The molecular weight excluding hydrogens is 486 g/mol. The molecule has 0 N–H and O–H groups in total. The van der Waals surface area contributed by atoms with Gasteiger partial charge in [0.2, 0.25) is 11.8 Å². The minimum atomic E-state index is -0.0486. The monoisotopic (exact) mass is 507 g/mol. The van der Waals surface area contributed by atoms with Gasteiger partial charge in [0, 0.05) is 37.9 Å². The van der Waals surface area contributed by atoms with Crippen LogP contribution in [0.3, 0.4) is 0 Å². The molecule has 1 aliphatic heterocycles. The van der Waals surface area contributed by atoms with Crippen molar-refractivity contribution < 1.29 is 14.3 Å². The summed E-state index contributed by atoms with van der Waals surface area (Å²) in [5.74, 6) is 7.72. The molecule has 0 saturated carbocycles. The van der Waals surface area contributed by atoms with Crippen molar-refractivity contribution >= 4 is 27.8 Å². The molecule has 1 aliphatic rings. The predicted molar refractivity (Wildman–Crippen MR) is 128 cm³/mol. The number of ether oxygens (including phenoxy) is 2. The van der Waals surface area contributed by atoms with Crippen molar-refractivity contribution in [2.24, 2.45) is 0 Å². The molecule has 8 nitrogen and oxygen atoms in total. The van der Waals surface area contributed by atoms with Crippen molar-refractivity contribution in [3.63, 3.8) is 0 Å². The molecule has 0 radical (unpaired) electrons. The van der Waals surface area contributed by atoms with Crippen LogP contribution in [-0.4, -0.2) is 66.2 Å². The maximum Gasteiger partial charge on any atom is 0.254 e. The Kier molecular flexibility index (Phi) is 7.05. The summed E-state index contributed by atoms with van der Waals surface area (Å²) >= 11 is 3.37. The van der Waals surface area contributed by atoms with Crippen LogP contribution >= 0.6 is 15.9 Å². The lowest BCUT2D eigenvalue weighted by atomic mass is 10.1. The average Bonchev–Trinajstić information content (AvgIpc) is 2.88. The van der Waals surface area contributed by atoms with Crippen LogP contribution in [0.5, 0.6) is 11.6 Å². The summed E-state index contributed by atoms with van der Waals surface area (Å²) < 4.78 is 11.4. The maximum absolute atomic E-state index is 13.2. The molecule has 0 aliphatic carbocycles. The van der Waals surface area contributed by atoms with Gasteiger partial charge in [-0.05, 0) is 52.2 Å². The number of hydrogen-bond acceptors (Lipinski definition) is 7. The summed E-state index contributed by atoms with van der Waals surface area (Å²) in [6, 6.07) is 10.9. The first-order valence-corrected chi connectivity index (χ1v) is 11.1. The molecule has 0 unspecified atom stereocenters. The van der Waals surface area contributed by atoms with Gasteiger partial charge >= 0.3 is 0 Å². The molecule has 1 fully saturated rings. The lowest BCUT2D eigenvalue weighted by Gasteiger charge is -2.34. The highest BCUT2D eigenvalue weighted by Crippen LogP contribution is 2.24. The lowest BCUT2D eigenvalue weighted by Crippen LogP contribution is -2.49. The van der Waals surface area contributed by atoms with Crippen molar-refractivity contribution in [1.82, 2.24) is 19.9 Å². The molecule has 3 heterocycles. The van der Waals surface area contributed by atoms with Gasteiger partial charge in [-0.15, -0.1) is 0 Å². The van der Waals surface area contributed by atoms with Gasteiger partial charge in [0.25, 0.3) is 5.91 Å². The number of hydrogen-bond donors (Lipinski definition) is 0. The Morgan fingerprint density at radius 3 is 2.55 bits per heavy atom. The molecule has 2 aromatic heterocycles. The molecule has 9 heteroatoms. The lowest BCUT2D eigenvalue weighted by molar-refractivity contribution is 0.0746. The Morgan fingerprint density at radius 2 is 1.85 bits per heavy atom. The second kappa shape index (κ2) is 10.3. The topological polar surface area (TPSA) is 80.7 Å². The van der Waals surface area contributed by atoms with E-state index >= 15 is 0 Å². The highest BCUT2D eigenvalue weighted by atomic mass is 79.9. The first kappa shape index (κ1) is 22.6. The molecular formula is C24H22BrN5O3. The van der Waals surface area contributed by atoms with Crippen LogP contribution in [0.1, 0.15) is 21.6 Å². The highest BCUT2D eigenvalue weighted by molar-refractivity contribution is 9.10. The normalized spacial score (nSPS) is 13.2. The van der Waals surface area contributed by atoms with Crippen LogP contribution in [0.25, 0.3) is 0 Å². The van der Waals surface area contributed by atoms with E-state index in [4.69, 9.17) is 9.47 Å². The number of nitrogens with zero attached hydrogens (tertiary/aromatic N) is 5. The van der Waals surface area contributed by atoms with Gasteiger partial charge in [0.15, 0.2) is 0 Å². The van der Waals surface area contributed by atoms with Gasteiger partial charge in [0.05, 0.1) is 30.5 Å². The predicted octanol–water partition coefficient (Wildman–Crippen LogP) is 3.01. The van der Waals surface area contributed by atoms with Crippen LogP contribution in [0.15, 0.2) is 53.3 Å². The summed E-state index contributed by atoms with van der Waals surface area (Å²) in [7, 11) is 3.15. The summed E-state index contributed by atoms with van der Waals surface area (Å²) in [6.07, 6.45) is 3.36. The fraction of sp³-hybridized carbons (Fsp3) is 0.250. The number of carbonyl (C=O) groups is 1. The Bertz CT molecular complexity index is 1200. The quantitative estimate of drug-likeness (QED) is 0.502. The Labute approximate surface area is 200 Å². The Morgan fingerprint density at radius 1 is 1.03 bits per heavy atom. The van der Waals surface area contributed by atoms with Crippen molar-refractivity contribution in [3.05, 3.63) is 70.1 Å². The number of anilines is 1. The van der Waals surface area contributed by atoms with Gasteiger partial charge in [-0.25, -0.2) is 9.97 Å². The van der Waals surface area contributed by atoms with Crippen LogP contribution in [0.4, 0.5) is 5.95 Å². The van der Waals surface area contributed by atoms with E-state index in [0.29, 0.717) is 65.1 Å². The SMILES string of the molecule is COc1ccc(C(=O)N2CCN(c3ncc(Br)c(OC)n3)CC2)cc1C#Cc1ccccn1. The van der Waals surface area contributed by atoms with Crippen LogP contribution in [0.2, 0.25) is 0 Å². The molecule has 0 spiro atoms. The second-order valence-electron chi connectivity index (χ2n) is 7.19. The molecule has 1 aromatic carbocycles. The summed E-state index contributed by atoms with van der Waals surface area (Å²) in [4.78, 5) is 30.0. The zero-order valence-corrected chi connectivity index (χ0v) is 19.9. The number of halogens is 1. The summed E-state index contributed by atoms with van der Waals surface area (Å²) in [6.45, 7) is 2.36. The number of benzene rings is 1. The first-order valence-electron chi connectivity index (χ1n) is 10.3. The fourth-order valence-electron chi connectivity index (χ4n) is 3.44. The van der Waals surface area contributed by atoms with Gasteiger partial charge in [-0.1, -0.05) is 12.0 Å². The van der Waals surface area contributed by atoms with E-state index in [2.05, 4.69) is 42.7 Å². The largest absolute Gasteiger partial charge is 0.495 e. The number of amides is 1. The van der Waals surface area contributed by atoms with Gasteiger partial charge < -0.3 is 19.3 Å². The first-order chi connectivity index (χ1) is 16.1. The smallest absolute Gasteiger partial charge is 0.254 e. The third kappa shape index (κ3) is 5.23. The maximum atomic E-state index is 13.2. The van der Waals surface area contributed by atoms with Crippen LogP contribution in [-0.2, 0) is 0 Å². The standard InChI is InChI=1S/C24H22BrN5O3/c1-32-21-9-7-18(15-17(21)6-8-19-5-3-4-10-26-19)23(31)29-11-13-30(14-12-29)24-27-16-20(25)22(28-24)33-2/h3-5,7,9-10,15-16H,11-14H2,1-2H3. The zero-order valence-electron chi connectivity index (χ0n) is 18.3. The van der Waals surface area contributed by atoms with Crippen molar-refractivity contribution in [3.8, 4) is 23.5 Å². The van der Waals surface area contributed by atoms with Crippen LogP contribution < -0.4 is 14.4 Å². The Balaban J connectivity index is 1.47. The molecule has 0 bridgehead atoms. The van der Waals surface area contributed by atoms with E-state index in [-0.39, 0.29) is 5.91 Å². The number of rotatable bonds is 4. The van der Waals surface area contributed by atoms with Gasteiger partial charge in [-0.3, -0.25) is 4.79 Å². The zero-order chi connectivity index (χ0) is 23.2. The van der Waals surface area contributed by atoms with E-state index in [9.17, 15) is 4.79 Å². The van der Waals surface area contributed by atoms with Crippen LogP contribution in [0, 0.1) is 11.8 Å². The number of carbonyl (C=O) groups excluding carboxylic acids is 1. The molecule has 168 valence electrons. The number of methoxy groups -OCH3 is 2. The van der Waals surface area contributed by atoms with E-state index in [1.54, 1.807) is 44.8 Å². The van der Waals surface area contributed by atoms with Gasteiger partial charge in [0.1, 0.15) is 11.4 Å². The Hall–Kier alpha value is -3.64. The van der Waals surface area contributed by atoms with E-state index < -0.39 is 0 Å². The molecule has 0 atom stereocenters. The van der Waals surface area contributed by atoms with E-state index in [0.717, 1.165) is 0 Å². The number of aromatic nitrogens is 3. The number of pyridine rings is 1. The summed E-state index contributed by atoms with van der Waals surface area (Å²) in [5, 5.41) is 0. The third-order valence-electron chi connectivity index (χ3n) is 5.18. The van der Waals surface area contributed by atoms with Crippen molar-refractivity contribution in [2.45, 2.75) is 0 Å². The molecule has 3 aromatic rings. The van der Waals surface area contributed by atoms with Gasteiger partial charge in [-0.2, -0.15) is 4.98 Å². The summed E-state index contributed by atoms with van der Waals surface area (Å²) in [5.41, 5.74) is 1.86. The fourth-order valence-corrected chi connectivity index (χ4v) is 3.79. The minimum absolute atomic E-state index is 0.0486. The number of piperazine rings is 1. The van der Waals surface area contributed by atoms with Crippen molar-refractivity contribution in [2.75, 3.05) is 45.3 Å². The average molecular weight is 508 g/mol. The highest BCUT2D eigenvalue weighted by Gasteiger charge is 2.24. The molecule has 33 heavy (non-hydrogen) atoms. The molecule has 4 rings (SSSR count). The molecule has 1 amide bonds. The minimum Gasteiger partial charge on any atom is -0.495 e. The second-order valence-corrected chi connectivity index (χ2v) is 8.04. The third-order valence-corrected chi connectivity index (χ3v) is 5.72. The van der Waals surface area contributed by atoms with Crippen molar-refractivity contribution in [1.29, 1.82) is 0 Å². The molecule has 1 saturated heterocycles. The van der Waals surface area contributed by atoms with E-state index in [1.165, 1.54) is 0 Å².